The molecule has 1 unspecified atom stereocenters. The molecule has 3 atom stereocenters. The number of carbonyl (C=O) groups excluding carboxylic acids is 1. The summed E-state index contributed by atoms with van der Waals surface area (Å²) in [6, 6.07) is 6.57. The summed E-state index contributed by atoms with van der Waals surface area (Å²) in [4.78, 5) is 15.3. The monoisotopic (exact) mass is 306 g/mol. The second kappa shape index (κ2) is 5.32. The summed E-state index contributed by atoms with van der Waals surface area (Å²) in [7, 11) is 0. The van der Waals surface area contributed by atoms with Crippen LogP contribution in [0.5, 0.6) is 0 Å². The summed E-state index contributed by atoms with van der Waals surface area (Å²) >= 11 is 0. The Hall–Kier alpha value is -1.46. The zero-order valence-electron chi connectivity index (χ0n) is 13.1. The van der Waals surface area contributed by atoms with Gasteiger partial charge in [0.2, 0.25) is 6.41 Å². The molecule has 2 aliphatic heterocycles. The third kappa shape index (κ3) is 2.63. The molecule has 1 amide bonds. The fraction of sp³-hybridized carbons (Fsp3) is 0.588. The van der Waals surface area contributed by atoms with Gasteiger partial charge in [-0.2, -0.15) is 0 Å². The molecule has 2 heterocycles. The number of hydrogen-bond acceptors (Lipinski definition) is 3. The number of aliphatic hydroxyl groups excluding tert-OH is 1. The second-order valence-corrected chi connectivity index (χ2v) is 7.49. The Morgan fingerprint density at radius 1 is 1.18 bits per heavy atom. The van der Waals surface area contributed by atoms with E-state index in [4.69, 9.17) is 0 Å². The highest BCUT2D eigenvalue weighted by atomic mass is 19.1. The Kier molecular flexibility index (Phi) is 3.73. The molecule has 0 aliphatic carbocycles. The molecule has 0 aromatic heterocycles. The number of rotatable bonds is 3. The Balaban J connectivity index is 1.80. The standard InChI is InChI=1S/C17H23FN2O2/c1-16-8-19(7-13-3-5-14(18)6-4-13)9-17(2,15(16)22)11-20(10-16)12-21/h3-6,12,15,22H,7-11H2,1-2H3/t15?,16-,17+. The predicted molar refractivity (Wildman–Crippen MR) is 81.5 cm³/mol. The van der Waals surface area contributed by atoms with E-state index < -0.39 is 6.10 Å². The van der Waals surface area contributed by atoms with Crippen molar-refractivity contribution in [3.05, 3.63) is 35.6 Å². The molecular weight excluding hydrogens is 283 g/mol. The van der Waals surface area contributed by atoms with E-state index in [1.165, 1.54) is 12.1 Å². The van der Waals surface area contributed by atoms with Crippen LogP contribution in [0.25, 0.3) is 0 Å². The van der Waals surface area contributed by atoms with E-state index in [1.807, 2.05) is 13.8 Å². The second-order valence-electron chi connectivity index (χ2n) is 7.49. The number of carbonyl (C=O) groups is 1. The van der Waals surface area contributed by atoms with Gasteiger partial charge >= 0.3 is 0 Å². The van der Waals surface area contributed by atoms with E-state index in [9.17, 15) is 14.3 Å². The molecule has 2 fully saturated rings. The summed E-state index contributed by atoms with van der Waals surface area (Å²) < 4.78 is 13.0. The first-order valence-electron chi connectivity index (χ1n) is 7.69. The topological polar surface area (TPSA) is 43.8 Å². The molecule has 120 valence electrons. The number of amides is 1. The first-order chi connectivity index (χ1) is 10.3. The van der Waals surface area contributed by atoms with Crippen molar-refractivity contribution in [1.29, 1.82) is 0 Å². The molecule has 2 saturated heterocycles. The van der Waals surface area contributed by atoms with Crippen LogP contribution in [-0.2, 0) is 11.3 Å². The number of likely N-dealkylation sites (tertiary alicyclic amines) is 2. The Morgan fingerprint density at radius 3 is 2.23 bits per heavy atom. The fourth-order valence-corrected chi connectivity index (χ4v) is 4.38. The molecule has 0 saturated carbocycles. The molecule has 5 heteroatoms. The SMILES string of the molecule is C[C@]12CN(C=O)C[C@](C)(CN(Cc3ccc(F)cc3)C1)C2O. The molecule has 22 heavy (non-hydrogen) atoms. The lowest BCUT2D eigenvalue weighted by Crippen LogP contribution is -2.69. The number of nitrogens with zero attached hydrogens (tertiary/aromatic N) is 2. The molecule has 1 N–H and O–H groups in total. The van der Waals surface area contributed by atoms with Crippen molar-refractivity contribution in [2.75, 3.05) is 26.2 Å². The Morgan fingerprint density at radius 2 is 1.73 bits per heavy atom. The van der Waals surface area contributed by atoms with Crippen molar-refractivity contribution in [2.45, 2.75) is 26.5 Å². The lowest BCUT2D eigenvalue weighted by molar-refractivity contribution is -0.177. The molecular formula is C17H23FN2O2. The number of fused-ring (bicyclic) bond motifs is 2. The van der Waals surface area contributed by atoms with E-state index in [-0.39, 0.29) is 16.6 Å². The maximum Gasteiger partial charge on any atom is 0.209 e. The zero-order chi connectivity index (χ0) is 16.0. The van der Waals surface area contributed by atoms with Crippen LogP contribution >= 0.6 is 0 Å². The molecule has 0 spiro atoms. The minimum absolute atomic E-state index is 0.227. The molecule has 1 aromatic rings. The average Bonchev–Trinajstić information content (AvgIpc) is 2.45. The van der Waals surface area contributed by atoms with Gasteiger partial charge in [0.05, 0.1) is 6.10 Å². The molecule has 2 aliphatic rings. The number of aliphatic hydroxyl groups is 1. The van der Waals surface area contributed by atoms with Gasteiger partial charge in [-0.25, -0.2) is 4.39 Å². The normalized spacial score (nSPS) is 35.5. The minimum Gasteiger partial charge on any atom is -0.392 e. The van der Waals surface area contributed by atoms with E-state index in [0.29, 0.717) is 13.1 Å². The first kappa shape index (κ1) is 15.4. The van der Waals surface area contributed by atoms with Gasteiger partial charge in [-0.1, -0.05) is 26.0 Å². The molecule has 2 bridgehead atoms. The van der Waals surface area contributed by atoms with Gasteiger partial charge < -0.3 is 10.0 Å². The molecule has 0 radical (unpaired) electrons. The van der Waals surface area contributed by atoms with Crippen molar-refractivity contribution in [2.24, 2.45) is 10.8 Å². The maximum absolute atomic E-state index is 13.0. The van der Waals surface area contributed by atoms with Crippen molar-refractivity contribution < 1.29 is 14.3 Å². The van der Waals surface area contributed by atoms with Crippen molar-refractivity contribution in [3.63, 3.8) is 0 Å². The van der Waals surface area contributed by atoms with E-state index in [2.05, 4.69) is 4.90 Å². The van der Waals surface area contributed by atoms with Gasteiger partial charge in [0.25, 0.3) is 0 Å². The smallest absolute Gasteiger partial charge is 0.209 e. The number of hydrogen-bond donors (Lipinski definition) is 1. The van der Waals surface area contributed by atoms with E-state index in [1.54, 1.807) is 17.0 Å². The lowest BCUT2D eigenvalue weighted by atomic mass is 9.63. The molecule has 4 nitrogen and oxygen atoms in total. The van der Waals surface area contributed by atoms with Crippen LogP contribution in [0.4, 0.5) is 4.39 Å². The average molecular weight is 306 g/mol. The van der Waals surface area contributed by atoms with Crippen LogP contribution in [0.3, 0.4) is 0 Å². The Bertz CT molecular complexity index is 542. The summed E-state index contributed by atoms with van der Waals surface area (Å²) in [5, 5.41) is 10.7. The van der Waals surface area contributed by atoms with Crippen molar-refractivity contribution in [1.82, 2.24) is 9.80 Å². The van der Waals surface area contributed by atoms with Crippen molar-refractivity contribution >= 4 is 6.41 Å². The minimum atomic E-state index is -0.416. The van der Waals surface area contributed by atoms with Gasteiger partial charge in [-0.3, -0.25) is 9.69 Å². The van der Waals surface area contributed by atoms with E-state index >= 15 is 0 Å². The van der Waals surface area contributed by atoms with Crippen LogP contribution in [0, 0.1) is 16.6 Å². The summed E-state index contributed by atoms with van der Waals surface area (Å²) in [6.07, 6.45) is 0.471. The number of halogens is 1. The quantitative estimate of drug-likeness (QED) is 0.861. The fourth-order valence-electron chi connectivity index (χ4n) is 4.38. The molecule has 3 rings (SSSR count). The lowest BCUT2D eigenvalue weighted by Gasteiger charge is -2.59. The largest absolute Gasteiger partial charge is 0.392 e. The highest BCUT2D eigenvalue weighted by Gasteiger charge is 2.55. The zero-order valence-corrected chi connectivity index (χ0v) is 13.1. The summed E-state index contributed by atoms with van der Waals surface area (Å²) in [5.74, 6) is -0.227. The van der Waals surface area contributed by atoms with Crippen LogP contribution in [-0.4, -0.2) is 53.6 Å². The Labute approximate surface area is 130 Å². The van der Waals surface area contributed by atoms with Crippen LogP contribution in [0.1, 0.15) is 19.4 Å². The molecule has 1 aromatic carbocycles. The highest BCUT2D eigenvalue weighted by molar-refractivity contribution is 5.48. The first-order valence-corrected chi connectivity index (χ1v) is 7.69. The predicted octanol–water partition coefficient (Wildman–Crippen LogP) is 1.49. The maximum atomic E-state index is 13.0. The van der Waals surface area contributed by atoms with Gasteiger partial charge in [-0.05, 0) is 17.7 Å². The highest BCUT2D eigenvalue weighted by Crippen LogP contribution is 2.45. The summed E-state index contributed by atoms with van der Waals surface area (Å²) in [6.45, 7) is 7.43. The third-order valence-corrected chi connectivity index (χ3v) is 5.09. The van der Waals surface area contributed by atoms with Gasteiger partial charge in [0.1, 0.15) is 5.82 Å². The number of benzene rings is 1. The van der Waals surface area contributed by atoms with E-state index in [0.717, 1.165) is 31.6 Å². The van der Waals surface area contributed by atoms with Gasteiger partial charge in [-0.15, -0.1) is 0 Å². The van der Waals surface area contributed by atoms with Crippen LogP contribution in [0.15, 0.2) is 24.3 Å². The van der Waals surface area contributed by atoms with Crippen LogP contribution in [0.2, 0.25) is 0 Å². The van der Waals surface area contributed by atoms with Crippen molar-refractivity contribution in [3.8, 4) is 0 Å². The summed E-state index contributed by atoms with van der Waals surface area (Å²) in [5.41, 5.74) is 0.411. The van der Waals surface area contributed by atoms with Gasteiger partial charge in [0, 0.05) is 43.6 Å². The third-order valence-electron chi connectivity index (χ3n) is 5.09. The van der Waals surface area contributed by atoms with Crippen LogP contribution < -0.4 is 0 Å². The number of piperidine rings is 2. The van der Waals surface area contributed by atoms with Gasteiger partial charge in [0.15, 0.2) is 0 Å².